The molecular formula is H4AlAsCaO10S. The molecule has 0 bridgehead atoms. The number of rotatable bonds is 0. The molecule has 80 valence electrons. The van der Waals surface area contributed by atoms with E-state index < -0.39 is 24.9 Å². The molecule has 0 heterocycles. The average Bonchev–Trinajstić information content (AvgIpc) is 1.12. The van der Waals surface area contributed by atoms with Crippen molar-refractivity contribution >= 4 is 80.0 Å². The molecule has 0 radical (unpaired) electrons. The molecule has 10 nitrogen and oxygen atoms in total. The molecule has 14 heavy (non-hydrogen) atoms. The second kappa shape index (κ2) is 14.8. The maximum atomic E-state index is 8.61. The number of hydrogen-bond acceptors (Lipinski definition) is 9. The van der Waals surface area contributed by atoms with Crippen LogP contribution < -0.4 is 12.3 Å². The minimum atomic E-state index is -5.88. The Bertz CT molecular complexity index is 203. The van der Waals surface area contributed by atoms with Crippen molar-refractivity contribution in [3.8, 4) is 0 Å². The van der Waals surface area contributed by atoms with E-state index in [9.17, 15) is 0 Å². The topological polar surface area (TPSA) is 228 Å². The fourth-order valence-electron chi connectivity index (χ4n) is 0. The van der Waals surface area contributed by atoms with E-state index in [4.69, 9.17) is 33.5 Å². The SMILES string of the molecule is O.O=S(=O)([O-])[O-].O=[As]([O-])([O-])[O-].[Al+3].[Ca+2].[H+].[OH-]. The van der Waals surface area contributed by atoms with Crippen LogP contribution in [0.25, 0.3) is 0 Å². The van der Waals surface area contributed by atoms with Crippen LogP contribution in [0.3, 0.4) is 0 Å². The minimum Gasteiger partial charge on any atom is -0.870 e. The van der Waals surface area contributed by atoms with Gasteiger partial charge in [0.25, 0.3) is 0 Å². The third-order valence-corrected chi connectivity index (χ3v) is 0. The molecule has 0 amide bonds. The van der Waals surface area contributed by atoms with E-state index in [0.29, 0.717) is 0 Å². The van der Waals surface area contributed by atoms with Crippen LogP contribution in [0.2, 0.25) is 0 Å². The Hall–Kier alpha value is 1.82. The van der Waals surface area contributed by atoms with Gasteiger partial charge in [-0.05, 0) is 0 Å². The maximum absolute atomic E-state index is 8.61. The first kappa shape index (κ1) is 36.0. The van der Waals surface area contributed by atoms with Crippen molar-refractivity contribution < 1.29 is 45.9 Å². The third kappa shape index (κ3) is 685. The van der Waals surface area contributed by atoms with Gasteiger partial charge in [-0.25, -0.2) is 0 Å². The van der Waals surface area contributed by atoms with Gasteiger partial charge in [0.15, 0.2) is 0 Å². The van der Waals surface area contributed by atoms with E-state index in [-0.39, 0.29) is 67.5 Å². The zero-order chi connectivity index (χ0) is 9.00. The largest absolute Gasteiger partial charge is 3.00 e. The molecule has 0 fully saturated rings. The molecule has 0 aromatic rings. The quantitative estimate of drug-likeness (QED) is 0.231. The molecule has 0 aliphatic rings. The fourth-order valence-corrected chi connectivity index (χ4v) is 0. The van der Waals surface area contributed by atoms with Gasteiger partial charge < -0.3 is 20.1 Å². The van der Waals surface area contributed by atoms with Crippen LogP contribution in [-0.4, -0.2) is 98.1 Å². The van der Waals surface area contributed by atoms with Gasteiger partial charge in [0.1, 0.15) is 0 Å². The Balaban J connectivity index is -0.0000000128. The van der Waals surface area contributed by atoms with Crippen molar-refractivity contribution in [1.82, 2.24) is 0 Å². The second-order valence-electron chi connectivity index (χ2n) is 0.855. The number of hydrogen-bond donors (Lipinski definition) is 0. The van der Waals surface area contributed by atoms with Crippen LogP contribution in [0.15, 0.2) is 0 Å². The zero-order valence-corrected chi connectivity index (χ0v) is 12.4. The summed E-state index contributed by atoms with van der Waals surface area (Å²) in [6.07, 6.45) is 0. The summed E-state index contributed by atoms with van der Waals surface area (Å²) in [5, 5.41) is 0. The molecule has 0 rings (SSSR count). The predicted octanol–water partition coefficient (Wildman–Crippen LogP) is -7.06. The van der Waals surface area contributed by atoms with E-state index in [1.54, 1.807) is 0 Å². The smallest absolute Gasteiger partial charge is 0.870 e. The molecular weight excluding hydrogens is 334 g/mol. The van der Waals surface area contributed by atoms with E-state index in [1.165, 1.54) is 0 Å². The summed E-state index contributed by atoms with van der Waals surface area (Å²) >= 11 is -5.88. The summed E-state index contributed by atoms with van der Waals surface area (Å²) in [4.78, 5) is 0. The molecule has 0 aromatic carbocycles. The summed E-state index contributed by atoms with van der Waals surface area (Å²) in [5.74, 6) is 0. The van der Waals surface area contributed by atoms with Gasteiger partial charge >= 0.3 is 87.1 Å². The Kier molecular flexibility index (Phi) is 38.1. The van der Waals surface area contributed by atoms with Crippen LogP contribution in [0.1, 0.15) is 1.43 Å². The Morgan fingerprint density at radius 2 is 1.07 bits per heavy atom. The van der Waals surface area contributed by atoms with Crippen molar-refractivity contribution in [2.45, 2.75) is 0 Å². The Morgan fingerprint density at radius 1 is 1.07 bits per heavy atom. The summed E-state index contributed by atoms with van der Waals surface area (Å²) in [7, 11) is -5.17. The van der Waals surface area contributed by atoms with Crippen molar-refractivity contribution in [1.29, 1.82) is 0 Å². The normalized spacial score (nSPS) is 8.36. The predicted molar refractivity (Wildman–Crippen MR) is 35.1 cm³/mol. The first-order valence-corrected chi connectivity index (χ1v) is 5.79. The summed E-state index contributed by atoms with van der Waals surface area (Å²) in [6, 6.07) is 0. The van der Waals surface area contributed by atoms with Crippen molar-refractivity contribution in [3.63, 3.8) is 0 Å². The summed E-state index contributed by atoms with van der Waals surface area (Å²) < 4.78 is 68.5. The molecule has 0 unspecified atom stereocenters. The second-order valence-corrected chi connectivity index (χ2v) is 3.55. The molecule has 3 N–H and O–H groups in total. The van der Waals surface area contributed by atoms with Gasteiger partial charge in [-0.1, -0.05) is 0 Å². The van der Waals surface area contributed by atoms with Crippen molar-refractivity contribution in [3.05, 3.63) is 0 Å². The molecule has 0 saturated carbocycles. The molecule has 0 atom stereocenters. The Morgan fingerprint density at radius 3 is 1.07 bits per heavy atom. The average molecular weight is 338 g/mol. The maximum Gasteiger partial charge on any atom is 3.00 e. The van der Waals surface area contributed by atoms with E-state index in [2.05, 4.69) is 0 Å². The van der Waals surface area contributed by atoms with Gasteiger partial charge in [0, 0.05) is 10.4 Å². The fraction of sp³-hybridized carbons (Fsp3) is 0. The van der Waals surface area contributed by atoms with E-state index in [1.807, 2.05) is 0 Å². The molecule has 0 aromatic heterocycles. The molecule has 0 spiro atoms. The van der Waals surface area contributed by atoms with Crippen LogP contribution in [0.5, 0.6) is 0 Å². The molecule has 0 aliphatic carbocycles. The Labute approximate surface area is 124 Å². The van der Waals surface area contributed by atoms with Crippen LogP contribution >= 0.6 is 0 Å². The van der Waals surface area contributed by atoms with Crippen LogP contribution in [-0.2, 0) is 14.1 Å². The summed E-state index contributed by atoms with van der Waals surface area (Å²) in [5.41, 5.74) is 0. The van der Waals surface area contributed by atoms with Crippen molar-refractivity contribution in [2.75, 3.05) is 0 Å². The first-order chi connectivity index (χ1) is 4.00. The minimum absolute atomic E-state index is 0. The third-order valence-electron chi connectivity index (χ3n) is 0. The van der Waals surface area contributed by atoms with Crippen LogP contribution in [0, 0.1) is 0 Å². The van der Waals surface area contributed by atoms with Gasteiger partial charge in [-0.15, -0.1) is 0 Å². The van der Waals surface area contributed by atoms with Gasteiger partial charge in [-0.2, -0.15) is 0 Å². The van der Waals surface area contributed by atoms with Gasteiger partial charge in [0.2, 0.25) is 0 Å². The molecule has 0 aliphatic heterocycles. The zero-order valence-electron chi connectivity index (χ0n) is 7.35. The summed E-state index contributed by atoms with van der Waals surface area (Å²) in [6.45, 7) is 0. The van der Waals surface area contributed by atoms with Crippen LogP contribution in [0.4, 0.5) is 0 Å². The van der Waals surface area contributed by atoms with Crippen molar-refractivity contribution in [2.24, 2.45) is 0 Å². The van der Waals surface area contributed by atoms with Gasteiger partial charge in [-0.3, -0.25) is 8.42 Å². The molecule has 0 saturated heterocycles. The van der Waals surface area contributed by atoms with E-state index in [0.717, 1.165) is 0 Å². The standard InChI is InChI=1S/Al.AsH3O4.Ca.H2O4S.2H2O/c;2-1(3,4)5;;1-5(2,3)4;;/h;(H3,2,3,4,5);;(H2,1,2,3,4);2*1H2/q+3;;+2;;;/p-5. The van der Waals surface area contributed by atoms with E-state index >= 15 is 0 Å². The monoisotopic (exact) mass is 338 g/mol. The first-order valence-electron chi connectivity index (χ1n) is 1.40. The molecule has 14 heteroatoms. The van der Waals surface area contributed by atoms with Gasteiger partial charge in [0.05, 0.1) is 0 Å².